The maximum absolute atomic E-state index is 13.4. The summed E-state index contributed by atoms with van der Waals surface area (Å²) in [5.74, 6) is -4.32. The van der Waals surface area contributed by atoms with Crippen molar-refractivity contribution in [3.63, 3.8) is 0 Å². The number of ether oxygens (including phenoxy) is 8. The third-order valence-electron chi connectivity index (χ3n) is 11.8. The normalized spacial score (nSPS) is 32.0. The first kappa shape index (κ1) is 50.8. The molecule has 6 unspecified atom stereocenters. The van der Waals surface area contributed by atoms with E-state index in [1.807, 2.05) is 0 Å². The average Bonchev–Trinajstić information content (AvgIpc) is 3.29. The number of benzene rings is 3. The lowest BCUT2D eigenvalue weighted by Crippen LogP contribution is -2.70. The summed E-state index contributed by atoms with van der Waals surface area (Å²) in [6.45, 7) is -0.217. The van der Waals surface area contributed by atoms with E-state index in [9.17, 15) is 50.1 Å². The highest BCUT2D eigenvalue weighted by molar-refractivity contribution is 5.94. The van der Waals surface area contributed by atoms with Crippen molar-refractivity contribution in [1.29, 1.82) is 0 Å². The molecule has 3 saturated heterocycles. The molecule has 3 aliphatic heterocycles. The minimum Gasteiger partial charge on any atom is -0.507 e. The van der Waals surface area contributed by atoms with Crippen LogP contribution in [0.1, 0.15) is 38.0 Å². The van der Waals surface area contributed by atoms with E-state index < -0.39 is 147 Å². The molecule has 0 spiro atoms. The summed E-state index contributed by atoms with van der Waals surface area (Å²) < 4.78 is 47.8. The summed E-state index contributed by atoms with van der Waals surface area (Å²) in [5, 5.41) is 85.8. The number of nitrogens with two attached hydrogens (primary N) is 3. The number of likely N-dealkylation sites (N-methyl/N-ethyl adjacent to an activating group) is 3. The molecule has 0 saturated carbocycles. The largest absolute Gasteiger partial charge is 0.507 e. The van der Waals surface area contributed by atoms with Crippen molar-refractivity contribution in [2.75, 3.05) is 58.2 Å². The number of hydrogen-bond acceptors (Lipinski definition) is 24. The Bertz CT molecular complexity index is 2210. The molecule has 6 rings (SSSR count). The van der Waals surface area contributed by atoms with Crippen LogP contribution in [0.25, 0.3) is 0 Å². The number of carbonyl (C=O) groups is 3. The quantitative estimate of drug-likeness (QED) is 0.0309. The van der Waals surface area contributed by atoms with Gasteiger partial charge in [-0.05, 0) is 82.7 Å². The summed E-state index contributed by atoms with van der Waals surface area (Å²) >= 11 is 0. The van der Waals surface area contributed by atoms with Crippen LogP contribution in [0.2, 0.25) is 0 Å². The average molecular weight is 947 g/mol. The van der Waals surface area contributed by atoms with E-state index in [4.69, 9.17) is 55.1 Å². The number of anilines is 3. The van der Waals surface area contributed by atoms with E-state index in [1.165, 1.54) is 68.7 Å². The monoisotopic (exact) mass is 946 g/mol. The minimum atomic E-state index is -1.68. The standard InChI is InChI=1S/C43H58N6O18/c1-17-30(47-2)35(55)37(28(63-17)15-61-40(58)22-12-19(45)6-9-25(22)51)66-43-32(49-4)36(56)38(29(65-43)16-62-41(59)23-13-20(46)7-10-26(23)52)67-42-31(48-3)34(54)33(53)27(64-42)14-60-39(57)21-11-18(44)5-8-24(21)50/h5-13,17,27-38,42-43,47-56H,14-16,44-46H2,1-4H3/t17-,27?,28?,29?,30?,31?,32?,33-,34+,35+,36+,37-,38-,42-,43-/m0/s1. The second-order valence-electron chi connectivity index (χ2n) is 16.2. The molecule has 3 aliphatic rings. The first-order chi connectivity index (χ1) is 31.9. The predicted octanol–water partition coefficient (Wildman–Crippen LogP) is -2.36. The van der Waals surface area contributed by atoms with Crippen LogP contribution in [-0.4, -0.2) is 186 Å². The lowest BCUT2D eigenvalue weighted by molar-refractivity contribution is -0.346. The number of nitrogens with one attached hydrogen (secondary N) is 3. The van der Waals surface area contributed by atoms with Crippen LogP contribution in [0.15, 0.2) is 54.6 Å². The second kappa shape index (κ2) is 22.0. The van der Waals surface area contributed by atoms with Gasteiger partial charge < -0.3 is 107 Å². The van der Waals surface area contributed by atoms with Crippen molar-refractivity contribution in [2.24, 2.45) is 0 Å². The highest BCUT2D eigenvalue weighted by Crippen LogP contribution is 2.34. The molecule has 0 aromatic heterocycles. The van der Waals surface area contributed by atoms with Crippen molar-refractivity contribution < 1.29 is 88.0 Å². The molecule has 24 heteroatoms. The van der Waals surface area contributed by atoms with Gasteiger partial charge in [-0.2, -0.15) is 0 Å². The van der Waals surface area contributed by atoms with Crippen molar-refractivity contribution in [3.8, 4) is 17.2 Å². The van der Waals surface area contributed by atoms with E-state index in [1.54, 1.807) is 14.0 Å². The lowest BCUT2D eigenvalue weighted by atomic mass is 9.92. The van der Waals surface area contributed by atoms with E-state index in [0.29, 0.717) is 0 Å². The number of aliphatic hydroxyl groups is 4. The van der Waals surface area contributed by atoms with Gasteiger partial charge in [-0.1, -0.05) is 0 Å². The van der Waals surface area contributed by atoms with Gasteiger partial charge in [0.05, 0.1) is 24.2 Å². The zero-order valence-electron chi connectivity index (χ0n) is 36.8. The van der Waals surface area contributed by atoms with Crippen LogP contribution < -0.4 is 33.2 Å². The molecule has 3 aromatic carbocycles. The number of rotatable bonds is 16. The van der Waals surface area contributed by atoms with Crippen molar-refractivity contribution >= 4 is 35.0 Å². The molecule has 67 heavy (non-hydrogen) atoms. The highest BCUT2D eigenvalue weighted by Gasteiger charge is 2.54. The summed E-state index contributed by atoms with van der Waals surface area (Å²) in [5.41, 5.74) is 17.1. The summed E-state index contributed by atoms with van der Waals surface area (Å²) in [4.78, 5) is 39.4. The maximum atomic E-state index is 13.4. The Labute approximate surface area is 383 Å². The van der Waals surface area contributed by atoms with Gasteiger partial charge in [-0.15, -0.1) is 0 Å². The second-order valence-corrected chi connectivity index (χ2v) is 16.2. The molecule has 0 aliphatic carbocycles. The third-order valence-corrected chi connectivity index (χ3v) is 11.8. The van der Waals surface area contributed by atoms with Crippen LogP contribution >= 0.6 is 0 Å². The van der Waals surface area contributed by atoms with Crippen molar-refractivity contribution in [3.05, 3.63) is 71.3 Å². The molecule has 24 nitrogen and oxygen atoms in total. The zero-order chi connectivity index (χ0) is 48.9. The summed E-state index contributed by atoms with van der Waals surface area (Å²) in [6.07, 6.45) is -17.2. The fourth-order valence-electron chi connectivity index (χ4n) is 8.15. The smallest absolute Gasteiger partial charge is 0.342 e. The summed E-state index contributed by atoms with van der Waals surface area (Å²) in [7, 11) is 4.46. The molecule has 0 bridgehead atoms. The first-order valence-corrected chi connectivity index (χ1v) is 21.1. The van der Waals surface area contributed by atoms with Gasteiger partial charge >= 0.3 is 17.9 Å². The van der Waals surface area contributed by atoms with Crippen LogP contribution in [0.3, 0.4) is 0 Å². The highest BCUT2D eigenvalue weighted by atomic mass is 16.7. The van der Waals surface area contributed by atoms with E-state index in [0.717, 1.165) is 0 Å². The minimum absolute atomic E-state index is 0.131. The number of esters is 3. The molecule has 15 atom stereocenters. The lowest BCUT2D eigenvalue weighted by Gasteiger charge is -2.50. The summed E-state index contributed by atoms with van der Waals surface area (Å²) in [6, 6.07) is 8.10. The number of aromatic hydroxyl groups is 3. The molecule has 3 aromatic rings. The van der Waals surface area contributed by atoms with Crippen LogP contribution in [0.4, 0.5) is 17.1 Å². The van der Waals surface area contributed by atoms with Gasteiger partial charge in [0, 0.05) is 17.1 Å². The number of carbonyl (C=O) groups excluding carboxylic acids is 3. The number of nitrogen functional groups attached to an aromatic ring is 3. The SMILES string of the molecule is CNC1[C@H](O[C@H]2C(COC(=O)c3cc(N)ccc3O)O[C@@H](O[C@H]3C(COC(=O)c4cc(N)ccc4O)O[C@@H](C)C(NC)[C@H]3O)C(NC)[C@H]2O)OC(COC(=O)c2cc(N)ccc2O)[C@H](O)[C@@H]1O. The van der Waals surface area contributed by atoms with Crippen LogP contribution in [0, 0.1) is 0 Å². The van der Waals surface area contributed by atoms with Gasteiger partial charge in [0.2, 0.25) is 0 Å². The molecule has 0 amide bonds. The number of aliphatic hydroxyl groups excluding tert-OH is 4. The van der Waals surface area contributed by atoms with E-state index >= 15 is 0 Å². The first-order valence-electron chi connectivity index (χ1n) is 21.1. The van der Waals surface area contributed by atoms with Gasteiger partial charge in [0.25, 0.3) is 0 Å². The number of phenols is 3. The Morgan fingerprint density at radius 3 is 1.27 bits per heavy atom. The van der Waals surface area contributed by atoms with E-state index in [-0.39, 0.29) is 33.8 Å². The molecular formula is C43H58N6O18. The fraction of sp³-hybridized carbons (Fsp3) is 0.512. The van der Waals surface area contributed by atoms with Gasteiger partial charge in [0.1, 0.15) is 109 Å². The molecule has 3 fully saturated rings. The van der Waals surface area contributed by atoms with Crippen molar-refractivity contribution in [2.45, 2.75) is 98.7 Å². The predicted molar refractivity (Wildman–Crippen MR) is 232 cm³/mol. The zero-order valence-corrected chi connectivity index (χ0v) is 36.8. The Morgan fingerprint density at radius 1 is 0.522 bits per heavy atom. The van der Waals surface area contributed by atoms with Crippen LogP contribution in [0.5, 0.6) is 17.2 Å². The van der Waals surface area contributed by atoms with Gasteiger partial charge in [-0.3, -0.25) is 0 Å². The Balaban J connectivity index is 1.27. The number of hydrogen-bond donors (Lipinski definition) is 13. The molecule has 368 valence electrons. The van der Waals surface area contributed by atoms with E-state index in [2.05, 4.69) is 16.0 Å². The molecular weight excluding hydrogens is 888 g/mol. The fourth-order valence-corrected chi connectivity index (χ4v) is 8.15. The maximum Gasteiger partial charge on any atom is 0.342 e. The van der Waals surface area contributed by atoms with Crippen molar-refractivity contribution in [1.82, 2.24) is 16.0 Å². The Morgan fingerprint density at radius 2 is 0.866 bits per heavy atom. The van der Waals surface area contributed by atoms with Gasteiger partial charge in [-0.25, -0.2) is 14.4 Å². The topological polar surface area (TPSA) is 381 Å². The van der Waals surface area contributed by atoms with Crippen LogP contribution in [-0.2, 0) is 37.9 Å². The molecule has 16 N–H and O–H groups in total. The molecule has 0 radical (unpaired) electrons. The number of phenolic OH excluding ortho intramolecular Hbond substituents is 3. The molecule has 3 heterocycles. The van der Waals surface area contributed by atoms with Gasteiger partial charge in [0.15, 0.2) is 12.6 Å². The third kappa shape index (κ3) is 11.4. The Hall–Kier alpha value is -5.61. The Kier molecular flexibility index (Phi) is 16.7.